The van der Waals surface area contributed by atoms with Crippen LogP contribution >= 0.6 is 43.5 Å². The number of hydrogen-bond donors (Lipinski definition) is 1. The zero-order valence-corrected chi connectivity index (χ0v) is 17.0. The number of anilines is 1. The van der Waals surface area contributed by atoms with Crippen LogP contribution in [-0.2, 0) is 4.79 Å². The van der Waals surface area contributed by atoms with E-state index in [1.54, 1.807) is 36.4 Å². The molecule has 0 aliphatic heterocycles. The minimum atomic E-state index is -0.535. The summed E-state index contributed by atoms with van der Waals surface area (Å²) < 4.78 is 6.48. The maximum Gasteiger partial charge on any atom is 0.266 e. The second-order valence-electron chi connectivity index (χ2n) is 4.89. The van der Waals surface area contributed by atoms with Crippen LogP contribution in [0.2, 0.25) is 5.02 Å². The SMILES string of the molecule is N#CCOc1c(Br)cc(/C=C(/C#N)C(=O)Nc2ccc(Cl)cc2)cc1Br. The number of amides is 1. The number of ether oxygens (including phenoxy) is 1. The lowest BCUT2D eigenvalue weighted by Crippen LogP contribution is -2.13. The quantitative estimate of drug-likeness (QED) is 0.450. The van der Waals surface area contributed by atoms with Gasteiger partial charge in [-0.15, -0.1) is 0 Å². The monoisotopic (exact) mass is 493 g/mol. The number of hydrogen-bond acceptors (Lipinski definition) is 4. The fourth-order valence-corrected chi connectivity index (χ4v) is 3.53. The second kappa shape index (κ2) is 9.40. The third kappa shape index (κ3) is 5.34. The number of carbonyl (C=O) groups excluding carboxylic acids is 1. The van der Waals surface area contributed by atoms with Crippen LogP contribution in [0, 0.1) is 22.7 Å². The number of benzene rings is 2. The Hall–Kier alpha value is -2.32. The van der Waals surface area contributed by atoms with Gasteiger partial charge in [0.25, 0.3) is 5.91 Å². The molecule has 8 heteroatoms. The van der Waals surface area contributed by atoms with E-state index in [4.69, 9.17) is 21.6 Å². The predicted octanol–water partition coefficient (Wildman–Crippen LogP) is 5.31. The largest absolute Gasteiger partial charge is 0.476 e. The lowest BCUT2D eigenvalue weighted by molar-refractivity contribution is -0.112. The number of carbonyl (C=O) groups is 1. The Morgan fingerprint density at radius 3 is 2.35 bits per heavy atom. The van der Waals surface area contributed by atoms with Crippen LogP contribution in [0.25, 0.3) is 6.08 Å². The summed E-state index contributed by atoms with van der Waals surface area (Å²) in [5.74, 6) is -0.0697. The fourth-order valence-electron chi connectivity index (χ4n) is 1.95. The summed E-state index contributed by atoms with van der Waals surface area (Å²) >= 11 is 12.5. The molecule has 2 rings (SSSR count). The van der Waals surface area contributed by atoms with Crippen LogP contribution in [0.3, 0.4) is 0 Å². The zero-order valence-electron chi connectivity index (χ0n) is 13.1. The van der Waals surface area contributed by atoms with Crippen LogP contribution in [0.1, 0.15) is 5.56 Å². The lowest BCUT2D eigenvalue weighted by Gasteiger charge is -2.09. The van der Waals surface area contributed by atoms with E-state index in [-0.39, 0.29) is 12.2 Å². The third-order valence-electron chi connectivity index (χ3n) is 3.08. The van der Waals surface area contributed by atoms with Crippen molar-refractivity contribution < 1.29 is 9.53 Å². The van der Waals surface area contributed by atoms with Crippen molar-refractivity contribution in [2.45, 2.75) is 0 Å². The molecule has 1 amide bonds. The molecular weight excluding hydrogens is 485 g/mol. The Balaban J connectivity index is 2.25. The predicted molar refractivity (Wildman–Crippen MR) is 107 cm³/mol. The molecule has 0 aliphatic carbocycles. The van der Waals surface area contributed by atoms with Gasteiger partial charge in [-0.2, -0.15) is 10.5 Å². The summed E-state index contributed by atoms with van der Waals surface area (Å²) in [5, 5.41) is 21.1. The molecule has 130 valence electrons. The minimum Gasteiger partial charge on any atom is -0.476 e. The van der Waals surface area contributed by atoms with Crippen LogP contribution in [-0.4, -0.2) is 12.5 Å². The molecule has 0 aromatic heterocycles. The van der Waals surface area contributed by atoms with Gasteiger partial charge in [-0.1, -0.05) is 11.6 Å². The number of halogens is 3. The van der Waals surface area contributed by atoms with Gasteiger partial charge in [0.2, 0.25) is 0 Å². The Labute approximate surface area is 172 Å². The smallest absolute Gasteiger partial charge is 0.266 e. The summed E-state index contributed by atoms with van der Waals surface area (Å²) in [4.78, 5) is 12.3. The van der Waals surface area contributed by atoms with Gasteiger partial charge < -0.3 is 10.1 Å². The van der Waals surface area contributed by atoms with E-state index in [1.807, 2.05) is 12.1 Å². The fraction of sp³-hybridized carbons (Fsp3) is 0.0556. The van der Waals surface area contributed by atoms with Gasteiger partial charge in [-0.3, -0.25) is 4.79 Å². The van der Waals surface area contributed by atoms with E-state index >= 15 is 0 Å². The van der Waals surface area contributed by atoms with E-state index in [0.717, 1.165) is 0 Å². The molecule has 0 heterocycles. The molecule has 26 heavy (non-hydrogen) atoms. The summed E-state index contributed by atoms with van der Waals surface area (Å²) in [6.45, 7) is -0.0979. The number of nitrogens with one attached hydrogen (secondary N) is 1. The maximum atomic E-state index is 12.3. The topological polar surface area (TPSA) is 85.9 Å². The first kappa shape index (κ1) is 20.0. The Bertz CT molecular complexity index is 921. The summed E-state index contributed by atoms with van der Waals surface area (Å²) in [6.07, 6.45) is 1.45. The molecule has 0 atom stereocenters. The van der Waals surface area contributed by atoms with Gasteiger partial charge >= 0.3 is 0 Å². The Kier molecular flexibility index (Phi) is 7.23. The molecule has 0 spiro atoms. The highest BCUT2D eigenvalue weighted by Gasteiger charge is 2.12. The van der Waals surface area contributed by atoms with Crippen molar-refractivity contribution in [2.75, 3.05) is 11.9 Å². The van der Waals surface area contributed by atoms with Crippen molar-refractivity contribution in [3.63, 3.8) is 0 Å². The molecule has 1 N–H and O–H groups in total. The number of nitrogens with zero attached hydrogens (tertiary/aromatic N) is 2. The van der Waals surface area contributed by atoms with E-state index in [0.29, 0.717) is 31.0 Å². The van der Waals surface area contributed by atoms with Crippen molar-refractivity contribution in [3.8, 4) is 17.9 Å². The third-order valence-corrected chi connectivity index (χ3v) is 4.51. The molecule has 0 unspecified atom stereocenters. The number of nitriles is 2. The Morgan fingerprint density at radius 1 is 1.19 bits per heavy atom. The molecular formula is C18H10Br2ClN3O2. The zero-order chi connectivity index (χ0) is 19.1. The van der Waals surface area contributed by atoms with Gasteiger partial charge in [0.1, 0.15) is 23.5 Å². The van der Waals surface area contributed by atoms with Gasteiger partial charge in [0, 0.05) is 10.7 Å². The van der Waals surface area contributed by atoms with E-state index in [1.165, 1.54) is 6.08 Å². The summed E-state index contributed by atoms with van der Waals surface area (Å²) in [7, 11) is 0. The maximum absolute atomic E-state index is 12.3. The van der Waals surface area contributed by atoms with Crippen molar-refractivity contribution >= 4 is 61.1 Å². The molecule has 0 aliphatic rings. The van der Waals surface area contributed by atoms with E-state index in [9.17, 15) is 10.1 Å². The molecule has 0 radical (unpaired) electrons. The van der Waals surface area contributed by atoms with E-state index in [2.05, 4.69) is 37.2 Å². The van der Waals surface area contributed by atoms with Crippen LogP contribution in [0.4, 0.5) is 5.69 Å². The molecule has 2 aromatic carbocycles. The normalized spacial score (nSPS) is 10.6. The molecule has 0 fully saturated rings. The summed E-state index contributed by atoms with van der Waals surface area (Å²) in [5.41, 5.74) is 1.07. The van der Waals surface area contributed by atoms with E-state index < -0.39 is 5.91 Å². The molecule has 0 saturated carbocycles. The van der Waals surface area contributed by atoms with Gasteiger partial charge in [-0.25, -0.2) is 0 Å². The molecule has 2 aromatic rings. The number of rotatable bonds is 5. The van der Waals surface area contributed by atoms with Crippen molar-refractivity contribution in [1.29, 1.82) is 10.5 Å². The summed E-state index contributed by atoms with van der Waals surface area (Å²) in [6, 6.07) is 13.7. The Morgan fingerprint density at radius 2 is 1.81 bits per heavy atom. The highest BCUT2D eigenvalue weighted by Crippen LogP contribution is 2.35. The van der Waals surface area contributed by atoms with Crippen molar-refractivity contribution in [2.24, 2.45) is 0 Å². The van der Waals surface area contributed by atoms with Crippen LogP contribution in [0.15, 0.2) is 50.9 Å². The average Bonchev–Trinajstić information content (AvgIpc) is 2.61. The highest BCUT2D eigenvalue weighted by molar-refractivity contribution is 9.11. The standard InChI is InChI=1S/C18H10Br2ClN3O2/c19-15-8-11(9-16(20)17(15)26-6-5-22)7-12(10-23)18(25)24-14-3-1-13(21)2-4-14/h1-4,7-9H,6H2,(H,24,25)/b12-7-. The molecule has 0 saturated heterocycles. The lowest BCUT2D eigenvalue weighted by atomic mass is 10.1. The van der Waals surface area contributed by atoms with Gasteiger partial charge in [0.05, 0.1) is 8.95 Å². The van der Waals surface area contributed by atoms with Gasteiger partial charge in [0.15, 0.2) is 6.61 Å². The first-order valence-corrected chi connectivity index (χ1v) is 9.08. The van der Waals surface area contributed by atoms with Crippen LogP contribution in [0.5, 0.6) is 5.75 Å². The molecule has 5 nitrogen and oxygen atoms in total. The molecule has 0 bridgehead atoms. The highest BCUT2D eigenvalue weighted by atomic mass is 79.9. The van der Waals surface area contributed by atoms with Gasteiger partial charge in [-0.05, 0) is 79.9 Å². The minimum absolute atomic E-state index is 0.0653. The average molecular weight is 496 g/mol. The van der Waals surface area contributed by atoms with Crippen LogP contribution < -0.4 is 10.1 Å². The first-order valence-electron chi connectivity index (χ1n) is 7.12. The van der Waals surface area contributed by atoms with Crippen molar-refractivity contribution in [1.82, 2.24) is 0 Å². The second-order valence-corrected chi connectivity index (χ2v) is 7.04. The first-order chi connectivity index (χ1) is 12.4. The van der Waals surface area contributed by atoms with Crippen molar-refractivity contribution in [3.05, 3.63) is 61.5 Å².